The summed E-state index contributed by atoms with van der Waals surface area (Å²) in [6, 6.07) is 0. The maximum atomic E-state index is 3.97. The summed E-state index contributed by atoms with van der Waals surface area (Å²) in [5, 5.41) is 4.18. The van der Waals surface area contributed by atoms with Crippen LogP contribution in [0.1, 0.15) is 0 Å². The van der Waals surface area contributed by atoms with Crippen LogP contribution in [0, 0.1) is 0 Å². The molecule has 0 spiro atoms. The van der Waals surface area contributed by atoms with Crippen molar-refractivity contribution >= 4 is 36.8 Å². The van der Waals surface area contributed by atoms with Crippen LogP contribution in [-0.2, 0) is 0 Å². The van der Waals surface area contributed by atoms with Gasteiger partial charge in [-0.25, -0.2) is 0 Å². The Balaban J connectivity index is 3.12. The summed E-state index contributed by atoms with van der Waals surface area (Å²) in [5.41, 5.74) is 0. The number of thiol groups is 2. The minimum Gasteiger partial charge on any atom is -0.131 e. The number of nitrogens with zero attached hydrogens (tertiary/aromatic N) is 2. The van der Waals surface area contributed by atoms with Crippen LogP contribution >= 0.6 is 36.8 Å². The maximum Gasteiger partial charge on any atom is 0.142 e. The smallest absolute Gasteiger partial charge is 0.131 e. The highest BCUT2D eigenvalue weighted by molar-refractivity contribution is 7.85. The van der Waals surface area contributed by atoms with Crippen molar-refractivity contribution in [2.75, 3.05) is 0 Å². The van der Waals surface area contributed by atoms with E-state index in [2.05, 4.69) is 34.8 Å². The van der Waals surface area contributed by atoms with Crippen LogP contribution in [0.5, 0.6) is 0 Å². The lowest BCUT2D eigenvalue weighted by molar-refractivity contribution is 1.01. The van der Waals surface area contributed by atoms with E-state index >= 15 is 0 Å². The van der Waals surface area contributed by atoms with Gasteiger partial charge in [-0.1, -0.05) is 4.49 Å². The zero-order valence-electron chi connectivity index (χ0n) is 3.20. The molecule has 0 radical (unpaired) electrons. The minimum atomic E-state index is 0.605. The first kappa shape index (κ1) is 5.40. The van der Waals surface area contributed by atoms with Gasteiger partial charge in [0.2, 0.25) is 0 Å². The summed E-state index contributed by atoms with van der Waals surface area (Å²) in [6.07, 6.45) is 0. The minimum absolute atomic E-state index is 0.605. The van der Waals surface area contributed by atoms with Crippen molar-refractivity contribution < 1.29 is 0 Å². The molecule has 0 aromatic carbocycles. The van der Waals surface area contributed by atoms with E-state index in [-0.39, 0.29) is 0 Å². The molecule has 1 rings (SSSR count). The van der Waals surface area contributed by atoms with Crippen molar-refractivity contribution in [3.8, 4) is 0 Å². The summed E-state index contributed by atoms with van der Waals surface area (Å²) >= 11 is 9.11. The molecule has 0 amide bonds. The molecule has 0 aliphatic carbocycles. The molecule has 0 aliphatic rings. The average Bonchev–Trinajstić information content (AvgIpc) is 1.91. The van der Waals surface area contributed by atoms with Gasteiger partial charge in [0.15, 0.2) is 0 Å². The molecule has 2 nitrogen and oxygen atoms in total. The van der Waals surface area contributed by atoms with Gasteiger partial charge in [-0.3, -0.25) is 0 Å². The van der Waals surface area contributed by atoms with Crippen LogP contribution in [0.25, 0.3) is 0 Å². The molecule has 5 heteroatoms. The Hall–Kier alpha value is 0.260. The first-order valence-corrected chi connectivity index (χ1v) is 3.18. The summed E-state index contributed by atoms with van der Waals surface area (Å²) in [5.74, 6) is 0. The molecule has 7 heavy (non-hydrogen) atoms. The summed E-state index contributed by atoms with van der Waals surface area (Å²) < 4.78 is 4.33. The number of rotatable bonds is 0. The fraction of sp³-hybridized carbons (Fsp3) is 0. The SMILES string of the molecule is Sc1nnsc1S. The normalized spacial score (nSPS) is 9.43. The van der Waals surface area contributed by atoms with E-state index in [4.69, 9.17) is 0 Å². The molecule has 1 heterocycles. The highest BCUT2D eigenvalue weighted by atomic mass is 32.2. The van der Waals surface area contributed by atoms with Gasteiger partial charge in [0, 0.05) is 0 Å². The molecule has 1 aromatic heterocycles. The molecular formula is C2H2N2S3. The van der Waals surface area contributed by atoms with E-state index in [0.29, 0.717) is 5.03 Å². The molecule has 0 bridgehead atoms. The molecule has 0 saturated carbocycles. The quantitative estimate of drug-likeness (QED) is 0.542. The van der Waals surface area contributed by atoms with E-state index in [0.717, 1.165) is 4.21 Å². The third-order valence-electron chi connectivity index (χ3n) is 0.454. The highest BCUT2D eigenvalue weighted by Gasteiger charge is 1.93. The van der Waals surface area contributed by atoms with Gasteiger partial charge in [-0.15, -0.1) is 30.4 Å². The Morgan fingerprint density at radius 1 is 1.43 bits per heavy atom. The third-order valence-corrected chi connectivity index (χ3v) is 2.08. The lowest BCUT2D eigenvalue weighted by atomic mass is 11.0. The molecule has 0 saturated heterocycles. The molecular weight excluding hydrogens is 148 g/mol. The lowest BCUT2D eigenvalue weighted by Gasteiger charge is -1.72. The van der Waals surface area contributed by atoms with Crippen molar-refractivity contribution in [2.45, 2.75) is 9.24 Å². The molecule has 0 unspecified atom stereocenters. The summed E-state index contributed by atoms with van der Waals surface area (Å²) in [6.45, 7) is 0. The van der Waals surface area contributed by atoms with Crippen LogP contribution < -0.4 is 0 Å². The molecule has 0 aliphatic heterocycles. The van der Waals surface area contributed by atoms with Crippen LogP contribution in [-0.4, -0.2) is 9.59 Å². The fourth-order valence-corrected chi connectivity index (χ4v) is 0.886. The largest absolute Gasteiger partial charge is 0.142 e. The Bertz CT molecular complexity index is 143. The molecule has 1 aromatic rings. The monoisotopic (exact) mass is 150 g/mol. The van der Waals surface area contributed by atoms with Crippen molar-refractivity contribution in [1.82, 2.24) is 9.59 Å². The van der Waals surface area contributed by atoms with Crippen LogP contribution in [0.4, 0.5) is 0 Å². The second-order valence-electron chi connectivity index (χ2n) is 0.902. The Morgan fingerprint density at radius 3 is 2.29 bits per heavy atom. The van der Waals surface area contributed by atoms with Gasteiger partial charge in [-0.05, 0) is 11.5 Å². The Kier molecular flexibility index (Phi) is 1.56. The number of hydrogen-bond donors (Lipinski definition) is 2. The molecule has 0 atom stereocenters. The van der Waals surface area contributed by atoms with E-state index < -0.39 is 0 Å². The maximum absolute atomic E-state index is 3.97. The van der Waals surface area contributed by atoms with Gasteiger partial charge in [0.05, 0.1) is 0 Å². The molecule has 0 fully saturated rings. The van der Waals surface area contributed by atoms with E-state index in [9.17, 15) is 0 Å². The average molecular weight is 150 g/mol. The lowest BCUT2D eigenvalue weighted by Crippen LogP contribution is -1.61. The number of hydrogen-bond acceptors (Lipinski definition) is 5. The van der Waals surface area contributed by atoms with Crippen LogP contribution in [0.15, 0.2) is 9.24 Å². The first-order chi connectivity index (χ1) is 3.30. The highest BCUT2D eigenvalue weighted by Crippen LogP contribution is 2.17. The van der Waals surface area contributed by atoms with Gasteiger partial charge in [0.1, 0.15) is 9.24 Å². The second-order valence-corrected chi connectivity index (χ2v) is 2.83. The van der Waals surface area contributed by atoms with E-state index in [1.54, 1.807) is 0 Å². The summed E-state index contributed by atoms with van der Waals surface area (Å²) in [4.78, 5) is 0. The topological polar surface area (TPSA) is 25.8 Å². The van der Waals surface area contributed by atoms with Crippen LogP contribution in [0.2, 0.25) is 0 Å². The second kappa shape index (κ2) is 2.02. The van der Waals surface area contributed by atoms with Gasteiger partial charge >= 0.3 is 0 Å². The Morgan fingerprint density at radius 2 is 2.14 bits per heavy atom. The fourth-order valence-electron chi connectivity index (χ4n) is 0.181. The molecule has 0 N–H and O–H groups in total. The first-order valence-electron chi connectivity index (χ1n) is 1.51. The predicted octanol–water partition coefficient (Wildman–Crippen LogP) is 1.12. The van der Waals surface area contributed by atoms with Crippen LogP contribution in [0.3, 0.4) is 0 Å². The van der Waals surface area contributed by atoms with Crippen molar-refractivity contribution in [2.24, 2.45) is 0 Å². The molecule has 38 valence electrons. The van der Waals surface area contributed by atoms with E-state index in [1.807, 2.05) is 0 Å². The van der Waals surface area contributed by atoms with Crippen molar-refractivity contribution in [3.05, 3.63) is 0 Å². The third kappa shape index (κ3) is 1.08. The van der Waals surface area contributed by atoms with Gasteiger partial charge < -0.3 is 0 Å². The Labute approximate surface area is 55.9 Å². The number of aromatic nitrogens is 2. The zero-order chi connectivity index (χ0) is 5.28. The van der Waals surface area contributed by atoms with Crippen molar-refractivity contribution in [3.63, 3.8) is 0 Å². The summed E-state index contributed by atoms with van der Waals surface area (Å²) in [7, 11) is 0. The van der Waals surface area contributed by atoms with Crippen molar-refractivity contribution in [1.29, 1.82) is 0 Å². The van der Waals surface area contributed by atoms with E-state index in [1.165, 1.54) is 11.5 Å². The van der Waals surface area contributed by atoms with Gasteiger partial charge in [0.25, 0.3) is 0 Å². The zero-order valence-corrected chi connectivity index (χ0v) is 5.80. The standard InChI is InChI=1S/C2H2N2S3/c5-1-2(6)7-4-3-1/h5-6H. The predicted molar refractivity (Wildman–Crippen MR) is 34.4 cm³/mol. The van der Waals surface area contributed by atoms with Gasteiger partial charge in [-0.2, -0.15) is 0 Å².